The molecule has 9 heteroatoms. The van der Waals surface area contributed by atoms with Gasteiger partial charge in [0.05, 0.1) is 37.8 Å². The molecule has 4 atom stereocenters. The lowest BCUT2D eigenvalue weighted by atomic mass is 9.96. The molecule has 4 aromatic rings. The molecule has 0 spiro atoms. The minimum atomic E-state index is -0.324. The number of rotatable bonds is 8. The zero-order valence-electron chi connectivity index (χ0n) is 18.9. The van der Waals surface area contributed by atoms with Gasteiger partial charge in [-0.2, -0.15) is 4.98 Å². The molecule has 1 aliphatic heterocycles. The predicted octanol–water partition coefficient (Wildman–Crippen LogP) is 3.17. The Bertz CT molecular complexity index is 1230. The molecule has 5 rings (SSSR count). The van der Waals surface area contributed by atoms with Gasteiger partial charge in [-0.1, -0.05) is 67.6 Å². The fraction of sp³-hybridized carbons (Fsp3) is 0.320. The number of ether oxygens (including phenoxy) is 3. The van der Waals surface area contributed by atoms with Gasteiger partial charge in [0.1, 0.15) is 12.2 Å². The van der Waals surface area contributed by atoms with Crippen LogP contribution in [0.25, 0.3) is 5.65 Å². The van der Waals surface area contributed by atoms with Gasteiger partial charge in [0.2, 0.25) is 5.95 Å². The average Bonchev–Trinajstić information content (AvgIpc) is 3.40. The van der Waals surface area contributed by atoms with Crippen LogP contribution in [0.5, 0.6) is 0 Å². The number of hydrogen-bond acceptors (Lipinski definition) is 8. The summed E-state index contributed by atoms with van der Waals surface area (Å²) in [5, 5.41) is 4.31. The number of aromatic nitrogens is 4. The summed E-state index contributed by atoms with van der Waals surface area (Å²) in [5.74, 6) is 0.310. The molecule has 9 nitrogen and oxygen atoms in total. The normalized spacial score (nSPS) is 22.4. The molecule has 0 bridgehead atoms. The van der Waals surface area contributed by atoms with Gasteiger partial charge < -0.3 is 25.7 Å². The molecule has 34 heavy (non-hydrogen) atoms. The van der Waals surface area contributed by atoms with E-state index < -0.39 is 0 Å². The van der Waals surface area contributed by atoms with Crippen LogP contribution in [-0.4, -0.2) is 38.4 Å². The van der Waals surface area contributed by atoms with Crippen LogP contribution in [0.3, 0.4) is 0 Å². The number of nitrogens with two attached hydrogens (primary N) is 2. The first-order valence-corrected chi connectivity index (χ1v) is 11.3. The van der Waals surface area contributed by atoms with Crippen molar-refractivity contribution < 1.29 is 14.2 Å². The number of hydrogen-bond donors (Lipinski definition) is 2. The van der Waals surface area contributed by atoms with Gasteiger partial charge in [-0.15, -0.1) is 5.10 Å². The van der Waals surface area contributed by atoms with Crippen LogP contribution in [-0.2, 0) is 27.4 Å². The Balaban J connectivity index is 1.36. The second-order valence-electron chi connectivity index (χ2n) is 8.49. The maximum atomic E-state index is 6.49. The Kier molecular flexibility index (Phi) is 6.39. The standard InChI is InChI=1S/C25H28N6O3/c1-16-21(19-12-28-24-23(26)29-25(27)30-31(19)24)34-20(15-32-13-17-8-4-2-5-9-17)22(16)33-14-18-10-6-3-7-11-18/h2-12,16,20-22H,13-15H2,1H3,(H4,26,27,29,30)/t16-,20-,21+,22+/m1/s1. The second-order valence-corrected chi connectivity index (χ2v) is 8.49. The SMILES string of the molecule is C[C@H]1[C@H](OCc2ccccc2)[C@@H](COCc2ccccc2)O[C@@H]1c1cnc2c(N)nc(N)nn12. The van der Waals surface area contributed by atoms with Crippen LogP contribution < -0.4 is 11.5 Å². The van der Waals surface area contributed by atoms with E-state index >= 15 is 0 Å². The van der Waals surface area contributed by atoms with Crippen molar-refractivity contribution in [1.29, 1.82) is 0 Å². The zero-order valence-corrected chi connectivity index (χ0v) is 18.9. The highest BCUT2D eigenvalue weighted by molar-refractivity contribution is 5.60. The number of imidazole rings is 1. The Hall–Kier alpha value is -3.53. The van der Waals surface area contributed by atoms with E-state index in [1.165, 1.54) is 0 Å². The molecule has 176 valence electrons. The summed E-state index contributed by atoms with van der Waals surface area (Å²) in [6, 6.07) is 20.2. The monoisotopic (exact) mass is 460 g/mol. The number of nitrogens with zero attached hydrogens (tertiary/aromatic N) is 4. The van der Waals surface area contributed by atoms with Crippen LogP contribution in [0.4, 0.5) is 11.8 Å². The van der Waals surface area contributed by atoms with Crippen LogP contribution in [0.15, 0.2) is 66.9 Å². The fourth-order valence-corrected chi connectivity index (χ4v) is 4.40. The van der Waals surface area contributed by atoms with Gasteiger partial charge in [-0.05, 0) is 11.1 Å². The second kappa shape index (κ2) is 9.76. The molecular formula is C25H28N6O3. The molecule has 1 saturated heterocycles. The average molecular weight is 461 g/mol. The van der Waals surface area contributed by atoms with Crippen LogP contribution in [0.1, 0.15) is 29.8 Å². The van der Waals surface area contributed by atoms with Gasteiger partial charge in [-0.3, -0.25) is 0 Å². The Labute approximate surface area is 197 Å². The quantitative estimate of drug-likeness (QED) is 0.411. The van der Waals surface area contributed by atoms with Crippen LogP contribution >= 0.6 is 0 Å². The molecule has 4 N–H and O–H groups in total. The molecule has 0 amide bonds. The van der Waals surface area contributed by atoms with Gasteiger partial charge >= 0.3 is 0 Å². The van der Waals surface area contributed by atoms with E-state index in [1.54, 1.807) is 10.7 Å². The van der Waals surface area contributed by atoms with Gasteiger partial charge in [0.15, 0.2) is 11.5 Å². The third-order valence-electron chi connectivity index (χ3n) is 6.08. The van der Waals surface area contributed by atoms with Crippen LogP contribution in [0.2, 0.25) is 0 Å². The molecule has 2 aromatic heterocycles. The van der Waals surface area contributed by atoms with Crippen molar-refractivity contribution in [1.82, 2.24) is 19.6 Å². The number of fused-ring (bicyclic) bond motifs is 1. The first kappa shape index (κ1) is 22.3. The van der Waals surface area contributed by atoms with E-state index in [9.17, 15) is 0 Å². The molecular weight excluding hydrogens is 432 g/mol. The number of benzene rings is 2. The minimum Gasteiger partial charge on any atom is -0.380 e. The van der Waals surface area contributed by atoms with Gasteiger partial charge in [-0.25, -0.2) is 9.50 Å². The number of anilines is 2. The largest absolute Gasteiger partial charge is 0.380 e. The van der Waals surface area contributed by atoms with Crippen molar-refractivity contribution in [3.05, 3.63) is 83.7 Å². The summed E-state index contributed by atoms with van der Waals surface area (Å²) in [6.45, 7) is 3.48. The highest BCUT2D eigenvalue weighted by atomic mass is 16.6. The smallest absolute Gasteiger partial charge is 0.240 e. The third-order valence-corrected chi connectivity index (χ3v) is 6.08. The lowest BCUT2D eigenvalue weighted by molar-refractivity contribution is -0.0733. The first-order chi connectivity index (χ1) is 16.6. The first-order valence-electron chi connectivity index (χ1n) is 11.3. The fourth-order valence-electron chi connectivity index (χ4n) is 4.40. The van der Waals surface area contributed by atoms with E-state index in [1.807, 2.05) is 60.7 Å². The number of nitrogen functional groups attached to an aromatic ring is 2. The van der Waals surface area contributed by atoms with Crippen molar-refractivity contribution in [2.45, 2.75) is 38.4 Å². The molecule has 0 aliphatic carbocycles. The predicted molar refractivity (Wildman–Crippen MR) is 128 cm³/mol. The molecule has 0 saturated carbocycles. The van der Waals surface area contributed by atoms with Crippen molar-refractivity contribution in [2.24, 2.45) is 5.92 Å². The highest BCUT2D eigenvalue weighted by Gasteiger charge is 2.45. The lowest BCUT2D eigenvalue weighted by Gasteiger charge is -2.22. The zero-order chi connectivity index (χ0) is 23.5. The highest BCUT2D eigenvalue weighted by Crippen LogP contribution is 2.40. The van der Waals surface area contributed by atoms with Gasteiger partial charge in [0.25, 0.3) is 0 Å². The minimum absolute atomic E-state index is 0.00588. The third kappa shape index (κ3) is 4.58. The van der Waals surface area contributed by atoms with E-state index in [0.29, 0.717) is 25.5 Å². The summed E-state index contributed by atoms with van der Waals surface area (Å²) in [4.78, 5) is 8.39. The van der Waals surface area contributed by atoms with Crippen molar-refractivity contribution in [3.8, 4) is 0 Å². The summed E-state index contributed by atoms with van der Waals surface area (Å²) >= 11 is 0. The van der Waals surface area contributed by atoms with Crippen LogP contribution in [0, 0.1) is 5.92 Å². The Morgan fingerprint density at radius 1 is 0.971 bits per heavy atom. The lowest BCUT2D eigenvalue weighted by Crippen LogP contribution is -2.32. The Morgan fingerprint density at radius 3 is 2.35 bits per heavy atom. The molecule has 0 unspecified atom stereocenters. The summed E-state index contributed by atoms with van der Waals surface area (Å²) < 4.78 is 20.5. The Morgan fingerprint density at radius 2 is 1.65 bits per heavy atom. The molecule has 1 aliphatic rings. The summed E-state index contributed by atoms with van der Waals surface area (Å²) in [6.07, 6.45) is 0.926. The van der Waals surface area contributed by atoms with E-state index in [-0.39, 0.29) is 36.0 Å². The summed E-state index contributed by atoms with van der Waals surface area (Å²) in [5.41, 5.74) is 15.2. The topological polar surface area (TPSA) is 123 Å². The van der Waals surface area contributed by atoms with Crippen molar-refractivity contribution in [2.75, 3.05) is 18.1 Å². The molecule has 0 radical (unpaired) electrons. The van der Waals surface area contributed by atoms with E-state index in [4.69, 9.17) is 25.7 Å². The molecule has 1 fully saturated rings. The van der Waals surface area contributed by atoms with E-state index in [0.717, 1.165) is 16.8 Å². The molecule has 2 aromatic carbocycles. The summed E-state index contributed by atoms with van der Waals surface area (Å²) in [7, 11) is 0. The maximum absolute atomic E-state index is 6.49. The van der Waals surface area contributed by atoms with Crippen molar-refractivity contribution >= 4 is 17.4 Å². The molecule has 3 heterocycles. The van der Waals surface area contributed by atoms with Gasteiger partial charge in [0, 0.05) is 5.92 Å². The van der Waals surface area contributed by atoms with Crippen molar-refractivity contribution in [3.63, 3.8) is 0 Å². The maximum Gasteiger partial charge on any atom is 0.240 e. The van der Waals surface area contributed by atoms with E-state index in [2.05, 4.69) is 22.0 Å².